The van der Waals surface area contributed by atoms with E-state index in [9.17, 15) is 4.79 Å². The molecule has 2 rings (SSSR count). The van der Waals surface area contributed by atoms with Crippen LogP contribution in [0.4, 0.5) is 5.69 Å². The van der Waals surface area contributed by atoms with Crippen molar-refractivity contribution in [2.45, 2.75) is 13.0 Å². The molecule has 0 aromatic carbocycles. The van der Waals surface area contributed by atoms with Gasteiger partial charge < -0.3 is 15.0 Å². The Kier molecular flexibility index (Phi) is 3.62. The van der Waals surface area contributed by atoms with Crippen molar-refractivity contribution >= 4 is 11.7 Å². The molecular formula is C13H15N3O2. The molecule has 94 valence electrons. The highest BCUT2D eigenvalue weighted by atomic mass is 16.5. The van der Waals surface area contributed by atoms with Crippen LogP contribution in [0.5, 0.6) is 0 Å². The Morgan fingerprint density at radius 2 is 2.33 bits per heavy atom. The van der Waals surface area contributed by atoms with Crippen molar-refractivity contribution in [2.75, 3.05) is 12.8 Å². The van der Waals surface area contributed by atoms with Crippen LogP contribution in [-0.2, 0) is 17.7 Å². The Balaban J connectivity index is 2.12. The lowest BCUT2D eigenvalue weighted by atomic mass is 10.2. The van der Waals surface area contributed by atoms with Crippen LogP contribution in [0.25, 0.3) is 0 Å². The number of hydrogen-bond donors (Lipinski definition) is 1. The molecule has 0 aliphatic rings. The Labute approximate surface area is 105 Å². The number of hydrogen-bond acceptors (Lipinski definition) is 4. The topological polar surface area (TPSA) is 70.1 Å². The smallest absolute Gasteiger partial charge is 0.354 e. The van der Waals surface area contributed by atoms with Crippen molar-refractivity contribution in [2.24, 2.45) is 0 Å². The van der Waals surface area contributed by atoms with E-state index in [2.05, 4.69) is 4.98 Å². The van der Waals surface area contributed by atoms with E-state index in [1.54, 1.807) is 23.0 Å². The number of carbonyl (C=O) groups is 1. The van der Waals surface area contributed by atoms with E-state index >= 15 is 0 Å². The van der Waals surface area contributed by atoms with Crippen molar-refractivity contribution in [3.63, 3.8) is 0 Å². The van der Waals surface area contributed by atoms with Gasteiger partial charge in [-0.2, -0.15) is 0 Å². The van der Waals surface area contributed by atoms with Gasteiger partial charge in [0.2, 0.25) is 0 Å². The molecule has 0 fully saturated rings. The van der Waals surface area contributed by atoms with Gasteiger partial charge in [-0.25, -0.2) is 4.79 Å². The van der Waals surface area contributed by atoms with Crippen LogP contribution in [0, 0.1) is 0 Å². The zero-order valence-electron chi connectivity index (χ0n) is 10.2. The van der Waals surface area contributed by atoms with Crippen LogP contribution in [0.2, 0.25) is 0 Å². The fraction of sp³-hybridized carbons (Fsp3) is 0.231. The molecule has 0 saturated carbocycles. The lowest BCUT2D eigenvalue weighted by Crippen LogP contribution is -2.11. The summed E-state index contributed by atoms with van der Waals surface area (Å²) in [6.07, 6.45) is 4.22. The van der Waals surface area contributed by atoms with Gasteiger partial charge in [-0.05, 0) is 18.2 Å². The number of nitrogen functional groups attached to an aromatic ring is 1. The minimum atomic E-state index is -0.382. The fourth-order valence-corrected chi connectivity index (χ4v) is 1.77. The van der Waals surface area contributed by atoms with Gasteiger partial charge in [-0.1, -0.05) is 6.07 Å². The fourth-order valence-electron chi connectivity index (χ4n) is 1.77. The van der Waals surface area contributed by atoms with E-state index < -0.39 is 0 Å². The second-order valence-electron chi connectivity index (χ2n) is 3.91. The van der Waals surface area contributed by atoms with Crippen LogP contribution in [0.3, 0.4) is 0 Å². The molecule has 0 amide bonds. The number of rotatable bonds is 4. The Morgan fingerprint density at radius 1 is 1.50 bits per heavy atom. The minimum absolute atomic E-state index is 0.382. The van der Waals surface area contributed by atoms with E-state index in [0.717, 1.165) is 12.1 Å². The van der Waals surface area contributed by atoms with Gasteiger partial charge in [0, 0.05) is 31.1 Å². The van der Waals surface area contributed by atoms with Crippen molar-refractivity contribution in [1.29, 1.82) is 0 Å². The summed E-state index contributed by atoms with van der Waals surface area (Å²) in [5.74, 6) is -0.382. The number of pyridine rings is 1. The number of aryl methyl sites for hydroxylation is 2. The van der Waals surface area contributed by atoms with Crippen LogP contribution in [0.15, 0.2) is 36.7 Å². The third kappa shape index (κ3) is 2.68. The molecule has 0 atom stereocenters. The zero-order chi connectivity index (χ0) is 13.0. The van der Waals surface area contributed by atoms with E-state index in [0.29, 0.717) is 17.9 Å². The van der Waals surface area contributed by atoms with Gasteiger partial charge >= 0.3 is 5.97 Å². The van der Waals surface area contributed by atoms with Gasteiger partial charge in [-0.15, -0.1) is 0 Å². The molecule has 0 unspecified atom stereocenters. The minimum Gasteiger partial charge on any atom is -0.464 e. The van der Waals surface area contributed by atoms with Crippen molar-refractivity contribution in [3.8, 4) is 0 Å². The van der Waals surface area contributed by atoms with Crippen molar-refractivity contribution in [3.05, 3.63) is 48.0 Å². The molecule has 18 heavy (non-hydrogen) atoms. The summed E-state index contributed by atoms with van der Waals surface area (Å²) in [6, 6.07) is 7.37. The lowest BCUT2D eigenvalue weighted by Gasteiger charge is -2.06. The largest absolute Gasteiger partial charge is 0.464 e. The van der Waals surface area contributed by atoms with E-state index in [4.69, 9.17) is 10.5 Å². The molecular weight excluding hydrogens is 230 g/mol. The quantitative estimate of drug-likeness (QED) is 0.828. The third-order valence-electron chi connectivity index (χ3n) is 2.65. The van der Waals surface area contributed by atoms with Crippen LogP contribution >= 0.6 is 0 Å². The van der Waals surface area contributed by atoms with Crippen LogP contribution in [-0.4, -0.2) is 22.6 Å². The number of ether oxygens (including phenoxy) is 1. The SMILES string of the molecule is COC(=O)c1cc(N)cn1CCc1ccccn1. The number of nitrogens with two attached hydrogens (primary N) is 1. The molecule has 0 aliphatic carbocycles. The summed E-state index contributed by atoms with van der Waals surface area (Å²) in [6.45, 7) is 0.638. The van der Waals surface area contributed by atoms with Gasteiger partial charge in [0.15, 0.2) is 0 Å². The second-order valence-corrected chi connectivity index (χ2v) is 3.91. The number of esters is 1. The Morgan fingerprint density at radius 3 is 3.00 bits per heavy atom. The molecule has 0 aliphatic heterocycles. The maximum Gasteiger partial charge on any atom is 0.354 e. The van der Waals surface area contributed by atoms with E-state index in [1.807, 2.05) is 18.2 Å². The Bertz CT molecular complexity index is 534. The van der Waals surface area contributed by atoms with Crippen molar-refractivity contribution in [1.82, 2.24) is 9.55 Å². The normalized spacial score (nSPS) is 10.3. The number of anilines is 1. The lowest BCUT2D eigenvalue weighted by molar-refractivity contribution is 0.0588. The maximum absolute atomic E-state index is 11.5. The summed E-state index contributed by atoms with van der Waals surface area (Å²) in [4.78, 5) is 15.8. The number of carbonyl (C=O) groups excluding carboxylic acids is 1. The van der Waals surface area contributed by atoms with Gasteiger partial charge in [0.1, 0.15) is 5.69 Å². The molecule has 2 aromatic heterocycles. The molecule has 0 spiro atoms. The standard InChI is InChI=1S/C13H15N3O2/c1-18-13(17)12-8-10(14)9-16(12)7-5-11-4-2-3-6-15-11/h2-4,6,8-9H,5,7,14H2,1H3. The molecule has 2 aromatic rings. The summed E-state index contributed by atoms with van der Waals surface area (Å²) in [5.41, 5.74) is 7.69. The first-order valence-corrected chi connectivity index (χ1v) is 5.64. The molecule has 0 saturated heterocycles. The summed E-state index contributed by atoms with van der Waals surface area (Å²) in [5, 5.41) is 0. The number of aromatic nitrogens is 2. The summed E-state index contributed by atoms with van der Waals surface area (Å²) < 4.78 is 6.50. The van der Waals surface area contributed by atoms with Crippen LogP contribution in [0.1, 0.15) is 16.2 Å². The summed E-state index contributed by atoms with van der Waals surface area (Å²) >= 11 is 0. The second kappa shape index (κ2) is 5.35. The van der Waals surface area contributed by atoms with E-state index in [1.165, 1.54) is 7.11 Å². The molecule has 2 N–H and O–H groups in total. The third-order valence-corrected chi connectivity index (χ3v) is 2.65. The molecule has 0 bridgehead atoms. The highest BCUT2D eigenvalue weighted by Crippen LogP contribution is 2.12. The zero-order valence-corrected chi connectivity index (χ0v) is 10.2. The first-order valence-electron chi connectivity index (χ1n) is 5.64. The highest BCUT2D eigenvalue weighted by Gasteiger charge is 2.12. The van der Waals surface area contributed by atoms with Gasteiger partial charge in [0.05, 0.1) is 12.8 Å². The predicted molar refractivity (Wildman–Crippen MR) is 68.1 cm³/mol. The van der Waals surface area contributed by atoms with Crippen molar-refractivity contribution < 1.29 is 9.53 Å². The average molecular weight is 245 g/mol. The predicted octanol–water partition coefficient (Wildman–Crippen LogP) is 1.49. The van der Waals surface area contributed by atoms with Crippen LogP contribution < -0.4 is 5.73 Å². The summed E-state index contributed by atoms with van der Waals surface area (Å²) in [7, 11) is 1.36. The average Bonchev–Trinajstić information content (AvgIpc) is 2.78. The molecule has 2 heterocycles. The highest BCUT2D eigenvalue weighted by molar-refractivity contribution is 5.88. The number of nitrogens with zero attached hydrogens (tertiary/aromatic N) is 2. The van der Waals surface area contributed by atoms with Gasteiger partial charge in [-0.3, -0.25) is 4.98 Å². The molecule has 0 radical (unpaired) electrons. The maximum atomic E-state index is 11.5. The molecule has 5 nitrogen and oxygen atoms in total. The monoisotopic (exact) mass is 245 g/mol. The first-order chi connectivity index (χ1) is 8.70. The molecule has 5 heteroatoms. The Hall–Kier alpha value is -2.30. The number of methoxy groups -OCH3 is 1. The van der Waals surface area contributed by atoms with Gasteiger partial charge in [0.25, 0.3) is 0 Å². The van der Waals surface area contributed by atoms with E-state index in [-0.39, 0.29) is 5.97 Å². The first kappa shape index (κ1) is 12.2.